The number of carbonyl (C=O) groups excluding carboxylic acids is 1. The van der Waals surface area contributed by atoms with E-state index in [1.165, 1.54) is 0 Å². The van der Waals surface area contributed by atoms with Crippen LogP contribution in [0.4, 0.5) is 0 Å². The van der Waals surface area contributed by atoms with Gasteiger partial charge in [-0.3, -0.25) is 9.59 Å². The van der Waals surface area contributed by atoms with Crippen LogP contribution in [0.15, 0.2) is 0 Å². The van der Waals surface area contributed by atoms with Crippen molar-refractivity contribution in [2.45, 2.75) is 73.3 Å². The molecule has 0 bridgehead atoms. The van der Waals surface area contributed by atoms with Gasteiger partial charge in [0.1, 0.15) is 0 Å². The Hall–Kier alpha value is -1.18. The van der Waals surface area contributed by atoms with E-state index in [1.54, 1.807) is 0 Å². The smallest absolute Gasteiger partial charge is 0.305 e. The van der Waals surface area contributed by atoms with E-state index in [0.717, 1.165) is 25.9 Å². The van der Waals surface area contributed by atoms with Gasteiger partial charge >= 0.3 is 5.97 Å². The first-order valence-electron chi connectivity index (χ1n) is 11.3. The van der Waals surface area contributed by atoms with Gasteiger partial charge in [-0.1, -0.05) is 41.5 Å². The van der Waals surface area contributed by atoms with Crippen LogP contribution in [0, 0.1) is 5.92 Å². The van der Waals surface area contributed by atoms with Crippen molar-refractivity contribution in [3.8, 4) is 0 Å². The highest BCUT2D eigenvalue weighted by Crippen LogP contribution is 2.18. The van der Waals surface area contributed by atoms with E-state index in [9.17, 15) is 9.59 Å². The Kier molecular flexibility index (Phi) is 20.8. The van der Waals surface area contributed by atoms with Crippen LogP contribution in [0.25, 0.3) is 0 Å². The van der Waals surface area contributed by atoms with Gasteiger partial charge in [-0.15, -0.1) is 0 Å². The number of rotatable bonds is 12. The third-order valence-electron chi connectivity index (χ3n) is 4.34. The molecule has 0 aliphatic carbocycles. The number of amides is 1. The molecule has 174 valence electrons. The largest absolute Gasteiger partial charge is 0.481 e. The molecule has 0 aromatic rings. The SMILES string of the molecule is CC.CC.CC(C)CC(=O)N(CCOCCOCCC(=O)O)C1CCN(C)CC1. The molecule has 0 atom stereocenters. The van der Waals surface area contributed by atoms with Gasteiger partial charge in [-0.2, -0.15) is 0 Å². The molecule has 1 amide bonds. The summed E-state index contributed by atoms with van der Waals surface area (Å²) in [7, 11) is 2.12. The molecule has 1 aliphatic heterocycles. The van der Waals surface area contributed by atoms with Gasteiger partial charge in [0, 0.05) is 19.0 Å². The molecule has 7 heteroatoms. The van der Waals surface area contributed by atoms with E-state index >= 15 is 0 Å². The Morgan fingerprint density at radius 3 is 2.00 bits per heavy atom. The molecule has 1 saturated heterocycles. The van der Waals surface area contributed by atoms with Crippen LogP contribution in [0.3, 0.4) is 0 Å². The van der Waals surface area contributed by atoms with E-state index in [2.05, 4.69) is 25.8 Å². The second kappa shape index (κ2) is 20.1. The number of ether oxygens (including phenoxy) is 2. The van der Waals surface area contributed by atoms with Crippen molar-refractivity contribution in [1.82, 2.24) is 9.80 Å². The Morgan fingerprint density at radius 2 is 1.52 bits per heavy atom. The lowest BCUT2D eigenvalue weighted by molar-refractivity contribution is -0.138. The van der Waals surface area contributed by atoms with E-state index in [0.29, 0.717) is 44.7 Å². The highest BCUT2D eigenvalue weighted by atomic mass is 16.5. The van der Waals surface area contributed by atoms with Crippen LogP contribution in [-0.2, 0) is 19.1 Å². The second-order valence-corrected chi connectivity index (χ2v) is 7.09. The molecule has 1 rings (SSSR count). The maximum Gasteiger partial charge on any atom is 0.305 e. The minimum Gasteiger partial charge on any atom is -0.481 e. The van der Waals surface area contributed by atoms with Gasteiger partial charge in [0.05, 0.1) is 32.8 Å². The lowest BCUT2D eigenvalue weighted by atomic mass is 10.0. The first-order chi connectivity index (χ1) is 13.9. The van der Waals surface area contributed by atoms with Crippen LogP contribution in [0.5, 0.6) is 0 Å². The number of nitrogens with zero attached hydrogens (tertiary/aromatic N) is 2. The molecule has 0 aromatic carbocycles. The standard InChI is InChI=1S/C18H34N2O5.2C2H6/c1-15(2)14-17(21)20(16-4-7-19(3)8-5-16)9-11-25-13-12-24-10-6-18(22)23;2*1-2/h15-16H,4-14H2,1-3H3,(H,22,23);2*1-2H3. The lowest BCUT2D eigenvalue weighted by Crippen LogP contribution is -2.48. The summed E-state index contributed by atoms with van der Waals surface area (Å²) in [4.78, 5) is 27.2. The molecule has 0 aromatic heterocycles. The molecule has 29 heavy (non-hydrogen) atoms. The van der Waals surface area contributed by atoms with Crippen LogP contribution in [-0.4, -0.2) is 85.9 Å². The molecule has 0 radical (unpaired) electrons. The number of carboxylic acid groups (broad SMARTS) is 1. The predicted octanol–water partition coefficient (Wildman–Crippen LogP) is 3.52. The Labute approximate surface area is 178 Å². The second-order valence-electron chi connectivity index (χ2n) is 7.09. The zero-order chi connectivity index (χ0) is 22.7. The van der Waals surface area contributed by atoms with Crippen molar-refractivity contribution in [3.63, 3.8) is 0 Å². The van der Waals surface area contributed by atoms with Crippen LogP contribution in [0.2, 0.25) is 0 Å². The fourth-order valence-electron chi connectivity index (χ4n) is 2.93. The minimum atomic E-state index is -0.863. The topological polar surface area (TPSA) is 79.3 Å². The van der Waals surface area contributed by atoms with E-state index < -0.39 is 5.97 Å². The summed E-state index contributed by atoms with van der Waals surface area (Å²) in [6, 6.07) is 0.304. The summed E-state index contributed by atoms with van der Waals surface area (Å²) in [5.74, 6) is -0.297. The van der Waals surface area contributed by atoms with Crippen molar-refractivity contribution in [2.24, 2.45) is 5.92 Å². The maximum absolute atomic E-state index is 12.6. The number of carbonyl (C=O) groups is 2. The van der Waals surface area contributed by atoms with Gasteiger partial charge in [0.25, 0.3) is 0 Å². The predicted molar refractivity (Wildman–Crippen MR) is 118 cm³/mol. The molecule has 0 spiro atoms. The fourth-order valence-corrected chi connectivity index (χ4v) is 2.93. The minimum absolute atomic E-state index is 0.00755. The Bertz CT molecular complexity index is 397. The highest BCUT2D eigenvalue weighted by Gasteiger charge is 2.26. The fraction of sp³-hybridized carbons (Fsp3) is 0.909. The van der Waals surface area contributed by atoms with Crippen molar-refractivity contribution in [2.75, 3.05) is 53.1 Å². The Morgan fingerprint density at radius 1 is 1.00 bits per heavy atom. The van der Waals surface area contributed by atoms with Gasteiger partial charge in [0.2, 0.25) is 5.91 Å². The first kappa shape index (κ1) is 30.0. The number of piperidine rings is 1. The van der Waals surface area contributed by atoms with E-state index in [4.69, 9.17) is 14.6 Å². The third kappa shape index (κ3) is 16.3. The normalized spacial score (nSPS) is 14.5. The molecular formula is C22H46N2O5. The van der Waals surface area contributed by atoms with Crippen molar-refractivity contribution >= 4 is 11.9 Å². The van der Waals surface area contributed by atoms with E-state index in [1.807, 2.05) is 32.6 Å². The van der Waals surface area contributed by atoms with Crippen molar-refractivity contribution in [3.05, 3.63) is 0 Å². The average Bonchev–Trinajstić information content (AvgIpc) is 2.70. The lowest BCUT2D eigenvalue weighted by Gasteiger charge is -2.37. The van der Waals surface area contributed by atoms with E-state index in [-0.39, 0.29) is 18.9 Å². The van der Waals surface area contributed by atoms with Gasteiger partial charge in [0.15, 0.2) is 0 Å². The zero-order valence-electron chi connectivity index (χ0n) is 19.9. The van der Waals surface area contributed by atoms with Crippen LogP contribution in [0.1, 0.15) is 67.2 Å². The molecule has 1 N–H and O–H groups in total. The summed E-state index contributed by atoms with van der Waals surface area (Å²) >= 11 is 0. The Balaban J connectivity index is 0. The molecule has 1 aliphatic rings. The summed E-state index contributed by atoms with van der Waals surface area (Å²) in [5, 5.41) is 8.52. The zero-order valence-corrected chi connectivity index (χ0v) is 19.9. The average molecular weight is 419 g/mol. The summed E-state index contributed by atoms with van der Waals surface area (Å²) < 4.78 is 10.7. The number of hydrogen-bond acceptors (Lipinski definition) is 5. The molecular weight excluding hydrogens is 372 g/mol. The number of hydrogen-bond donors (Lipinski definition) is 1. The number of carboxylic acids is 1. The van der Waals surface area contributed by atoms with Crippen LogP contribution < -0.4 is 0 Å². The summed E-state index contributed by atoms with van der Waals surface area (Å²) in [6.07, 6.45) is 2.61. The van der Waals surface area contributed by atoms with Crippen molar-refractivity contribution < 1.29 is 24.2 Å². The molecule has 0 saturated carbocycles. The van der Waals surface area contributed by atoms with Gasteiger partial charge in [-0.05, 0) is 38.9 Å². The molecule has 1 heterocycles. The first-order valence-corrected chi connectivity index (χ1v) is 11.3. The quantitative estimate of drug-likeness (QED) is 0.489. The van der Waals surface area contributed by atoms with Gasteiger partial charge < -0.3 is 24.4 Å². The summed E-state index contributed by atoms with van der Waals surface area (Å²) in [6.45, 7) is 16.3. The third-order valence-corrected chi connectivity index (χ3v) is 4.34. The molecule has 0 unspecified atom stereocenters. The number of aliphatic carboxylic acids is 1. The van der Waals surface area contributed by atoms with Crippen LogP contribution >= 0.6 is 0 Å². The number of likely N-dealkylation sites (tertiary alicyclic amines) is 1. The maximum atomic E-state index is 12.6. The van der Waals surface area contributed by atoms with Gasteiger partial charge in [-0.25, -0.2) is 0 Å². The molecule has 7 nitrogen and oxygen atoms in total. The monoisotopic (exact) mass is 418 g/mol. The highest BCUT2D eigenvalue weighted by molar-refractivity contribution is 5.76. The summed E-state index contributed by atoms with van der Waals surface area (Å²) in [5.41, 5.74) is 0. The van der Waals surface area contributed by atoms with Crippen molar-refractivity contribution in [1.29, 1.82) is 0 Å². The molecule has 1 fully saturated rings.